The smallest absolute Gasteiger partial charge is 0.131 e. The van der Waals surface area contributed by atoms with Crippen molar-refractivity contribution in [2.75, 3.05) is 0 Å². The van der Waals surface area contributed by atoms with E-state index in [1.807, 2.05) is 0 Å². The molecule has 0 bridgehead atoms. The van der Waals surface area contributed by atoms with Crippen LogP contribution in [-0.2, 0) is 12.8 Å². The predicted octanol–water partition coefficient (Wildman–Crippen LogP) is 5.05. The van der Waals surface area contributed by atoms with Gasteiger partial charge in [-0.15, -0.1) is 15.3 Å². The van der Waals surface area contributed by atoms with Crippen LogP contribution in [0.2, 0.25) is 5.54 Å². The monoisotopic (exact) mass is 330 g/mol. The number of benzene rings is 2. The summed E-state index contributed by atoms with van der Waals surface area (Å²) in [5.74, 6) is 0. The highest BCUT2D eigenvalue weighted by Crippen LogP contribution is 2.22. The van der Waals surface area contributed by atoms with Gasteiger partial charge in [0.05, 0.1) is 0 Å². The molecule has 0 saturated carbocycles. The minimum Gasteiger partial charge on any atom is -0.131 e. The lowest BCUT2D eigenvalue weighted by Gasteiger charge is -2.13. The summed E-state index contributed by atoms with van der Waals surface area (Å²) in [6, 6.07) is 21.6. The number of hydrogen-bond donors (Lipinski definition) is 0. The first-order valence-corrected chi connectivity index (χ1v) is 10.2. The third-order valence-electron chi connectivity index (χ3n) is 3.40. The van der Waals surface area contributed by atoms with Crippen LogP contribution in [0.15, 0.2) is 60.7 Å². The molecule has 2 radical (unpaired) electrons. The van der Waals surface area contributed by atoms with E-state index in [2.05, 4.69) is 76.0 Å². The highest BCUT2D eigenvalue weighted by molar-refractivity contribution is 9.23. The SMILES string of the molecule is Br[Si]C(CCc1ccccc1)CCc1ccccc1. The van der Waals surface area contributed by atoms with Gasteiger partial charge in [0.25, 0.3) is 0 Å². The van der Waals surface area contributed by atoms with Crippen molar-refractivity contribution in [3.05, 3.63) is 71.8 Å². The Morgan fingerprint density at radius 1 is 0.737 bits per heavy atom. The molecule has 2 heteroatoms. The van der Waals surface area contributed by atoms with E-state index < -0.39 is 0 Å². The van der Waals surface area contributed by atoms with Crippen molar-refractivity contribution in [1.29, 1.82) is 0 Å². The summed E-state index contributed by atoms with van der Waals surface area (Å²) in [5, 5.41) is 0. The number of halogens is 1. The lowest BCUT2D eigenvalue weighted by molar-refractivity contribution is 0.675. The van der Waals surface area contributed by atoms with Crippen LogP contribution in [0.25, 0.3) is 0 Å². The molecule has 2 aromatic rings. The summed E-state index contributed by atoms with van der Waals surface area (Å²) in [4.78, 5) is 0. The highest BCUT2D eigenvalue weighted by Gasteiger charge is 2.09. The van der Waals surface area contributed by atoms with Gasteiger partial charge in [-0.1, -0.05) is 60.7 Å². The fourth-order valence-electron chi connectivity index (χ4n) is 2.22. The second-order valence-corrected chi connectivity index (χ2v) is 7.26. The first-order valence-electron chi connectivity index (χ1n) is 6.82. The Morgan fingerprint density at radius 2 is 1.16 bits per heavy atom. The van der Waals surface area contributed by atoms with Gasteiger partial charge >= 0.3 is 0 Å². The molecule has 2 rings (SSSR count). The van der Waals surface area contributed by atoms with Crippen LogP contribution in [0.4, 0.5) is 0 Å². The quantitative estimate of drug-likeness (QED) is 0.492. The average molecular weight is 331 g/mol. The summed E-state index contributed by atoms with van der Waals surface area (Å²) in [7, 11) is 0.865. The van der Waals surface area contributed by atoms with Crippen molar-refractivity contribution in [2.24, 2.45) is 0 Å². The first-order chi connectivity index (χ1) is 9.38. The topological polar surface area (TPSA) is 0 Å². The van der Waals surface area contributed by atoms with E-state index in [0.29, 0.717) is 0 Å². The molecule has 0 N–H and O–H groups in total. The molecule has 0 aliphatic heterocycles. The van der Waals surface area contributed by atoms with Crippen LogP contribution in [0, 0.1) is 0 Å². The summed E-state index contributed by atoms with van der Waals surface area (Å²) in [6.45, 7) is 0. The van der Waals surface area contributed by atoms with Crippen LogP contribution in [0.5, 0.6) is 0 Å². The molecule has 0 heterocycles. The minimum absolute atomic E-state index is 0.792. The van der Waals surface area contributed by atoms with E-state index in [9.17, 15) is 0 Å². The van der Waals surface area contributed by atoms with Gasteiger partial charge in [-0.2, -0.15) is 0 Å². The lowest BCUT2D eigenvalue weighted by atomic mass is 10.0. The molecule has 0 aromatic heterocycles. The van der Waals surface area contributed by atoms with Crippen molar-refractivity contribution in [3.8, 4) is 0 Å². The van der Waals surface area contributed by atoms with Gasteiger partial charge in [0.1, 0.15) is 8.14 Å². The second kappa shape index (κ2) is 8.34. The Labute approximate surface area is 126 Å². The van der Waals surface area contributed by atoms with Crippen molar-refractivity contribution >= 4 is 23.4 Å². The first kappa shape index (κ1) is 14.5. The maximum absolute atomic E-state index is 3.69. The molecule has 0 aliphatic carbocycles. The van der Waals surface area contributed by atoms with Crippen LogP contribution < -0.4 is 0 Å². The van der Waals surface area contributed by atoms with E-state index in [1.165, 1.54) is 36.8 Å². The van der Waals surface area contributed by atoms with Crippen LogP contribution >= 0.6 is 15.3 Å². The number of rotatable bonds is 7. The Kier molecular flexibility index (Phi) is 6.38. The molecule has 0 spiro atoms. The largest absolute Gasteiger partial charge is 0.140 e. The zero-order valence-electron chi connectivity index (χ0n) is 11.1. The van der Waals surface area contributed by atoms with Crippen LogP contribution in [0.1, 0.15) is 24.0 Å². The van der Waals surface area contributed by atoms with Crippen molar-refractivity contribution in [2.45, 2.75) is 31.2 Å². The minimum atomic E-state index is 0.792. The van der Waals surface area contributed by atoms with E-state index in [1.54, 1.807) is 0 Å². The third kappa shape index (κ3) is 5.33. The van der Waals surface area contributed by atoms with E-state index in [4.69, 9.17) is 0 Å². The van der Waals surface area contributed by atoms with E-state index in [-0.39, 0.29) is 0 Å². The Bertz CT molecular complexity index is 412. The van der Waals surface area contributed by atoms with Gasteiger partial charge in [0, 0.05) is 0 Å². The zero-order chi connectivity index (χ0) is 13.3. The zero-order valence-corrected chi connectivity index (χ0v) is 13.6. The van der Waals surface area contributed by atoms with Crippen LogP contribution in [0.3, 0.4) is 0 Å². The molecular formula is C17H19BrSi. The van der Waals surface area contributed by atoms with E-state index in [0.717, 1.165) is 13.7 Å². The summed E-state index contributed by atoms with van der Waals surface area (Å²) in [6.07, 6.45) is 4.94. The Morgan fingerprint density at radius 3 is 1.53 bits per heavy atom. The molecule has 0 saturated heterocycles. The summed E-state index contributed by atoms with van der Waals surface area (Å²) in [5.41, 5.74) is 3.70. The molecule has 2 aromatic carbocycles. The van der Waals surface area contributed by atoms with Crippen molar-refractivity contribution < 1.29 is 0 Å². The van der Waals surface area contributed by atoms with Gasteiger partial charge in [0.2, 0.25) is 0 Å². The average Bonchev–Trinajstić information content (AvgIpc) is 2.49. The van der Waals surface area contributed by atoms with Gasteiger partial charge in [-0.05, 0) is 42.4 Å². The Balaban J connectivity index is 1.77. The molecule has 19 heavy (non-hydrogen) atoms. The normalized spacial score (nSPS) is 10.8. The van der Waals surface area contributed by atoms with Gasteiger partial charge in [-0.25, -0.2) is 0 Å². The van der Waals surface area contributed by atoms with Gasteiger partial charge in [0.15, 0.2) is 0 Å². The predicted molar refractivity (Wildman–Crippen MR) is 88.0 cm³/mol. The summed E-state index contributed by atoms with van der Waals surface area (Å²) >= 11 is 3.69. The lowest BCUT2D eigenvalue weighted by Crippen LogP contribution is -2.02. The number of aryl methyl sites for hydroxylation is 2. The molecule has 0 aliphatic rings. The summed E-state index contributed by atoms with van der Waals surface area (Å²) < 4.78 is 0. The van der Waals surface area contributed by atoms with Gasteiger partial charge in [-0.3, -0.25) is 0 Å². The highest BCUT2D eigenvalue weighted by atomic mass is 79.9. The Hall–Kier alpha value is -0.863. The second-order valence-electron chi connectivity index (χ2n) is 4.85. The molecule has 0 fully saturated rings. The van der Waals surface area contributed by atoms with Crippen LogP contribution in [-0.4, -0.2) is 8.14 Å². The molecule has 0 nitrogen and oxygen atoms in total. The maximum atomic E-state index is 3.69. The third-order valence-corrected chi connectivity index (χ3v) is 6.23. The molecule has 0 atom stereocenters. The molecular weight excluding hydrogens is 312 g/mol. The fraction of sp³-hybridized carbons (Fsp3) is 0.294. The molecule has 0 amide bonds. The van der Waals surface area contributed by atoms with Gasteiger partial charge < -0.3 is 0 Å². The van der Waals surface area contributed by atoms with Crippen molar-refractivity contribution in [3.63, 3.8) is 0 Å². The molecule has 0 unspecified atom stereocenters. The van der Waals surface area contributed by atoms with Crippen molar-refractivity contribution in [1.82, 2.24) is 0 Å². The standard InChI is InChI=1S/C17H19BrSi/c18-19-17(13-11-15-7-3-1-4-8-15)14-12-16-9-5-2-6-10-16/h1-10,17H,11-14H2. The fourth-order valence-corrected chi connectivity index (χ4v) is 4.11. The number of hydrogen-bond acceptors (Lipinski definition) is 0. The molecule has 98 valence electrons. The van der Waals surface area contributed by atoms with E-state index >= 15 is 0 Å². The maximum Gasteiger partial charge on any atom is 0.140 e.